The van der Waals surface area contributed by atoms with Crippen LogP contribution in [0.25, 0.3) is 0 Å². The number of hydrogen-bond donors (Lipinski definition) is 3. The van der Waals surface area contributed by atoms with Crippen molar-refractivity contribution in [3.63, 3.8) is 0 Å². The molecule has 0 radical (unpaired) electrons. The minimum Gasteiger partial charge on any atom is -0.396 e. The molecule has 0 saturated carbocycles. The number of nitrogens with two attached hydrogens (primary N) is 2. The normalized spacial score (nSPS) is 11.3. The van der Waals surface area contributed by atoms with Gasteiger partial charge in [0.15, 0.2) is 0 Å². The van der Waals surface area contributed by atoms with Crippen molar-refractivity contribution in [2.24, 2.45) is 5.14 Å². The number of hydrogen-bond acceptors (Lipinski definition) is 4. The van der Waals surface area contributed by atoms with Crippen molar-refractivity contribution < 1.29 is 17.2 Å². The highest BCUT2D eigenvalue weighted by Crippen LogP contribution is 2.30. The van der Waals surface area contributed by atoms with Crippen LogP contribution in [-0.4, -0.2) is 8.42 Å². The first kappa shape index (κ1) is 14.2. The van der Waals surface area contributed by atoms with Crippen LogP contribution in [-0.2, 0) is 10.0 Å². The van der Waals surface area contributed by atoms with Gasteiger partial charge in [-0.05, 0) is 24.3 Å². The van der Waals surface area contributed by atoms with E-state index in [0.717, 1.165) is 12.1 Å². The van der Waals surface area contributed by atoms with Crippen LogP contribution in [0.15, 0.2) is 41.3 Å². The summed E-state index contributed by atoms with van der Waals surface area (Å²) in [4.78, 5) is -0.320. The molecule has 20 heavy (non-hydrogen) atoms. The third kappa shape index (κ3) is 2.70. The highest BCUT2D eigenvalue weighted by atomic mass is 32.2. The molecule has 2 rings (SSSR count). The molecule has 0 bridgehead atoms. The number of anilines is 3. The first-order valence-electron chi connectivity index (χ1n) is 5.43. The van der Waals surface area contributed by atoms with E-state index in [1.807, 2.05) is 0 Å². The number of benzene rings is 2. The van der Waals surface area contributed by atoms with E-state index in [0.29, 0.717) is 0 Å². The fourth-order valence-corrected chi connectivity index (χ4v) is 2.34. The van der Waals surface area contributed by atoms with Crippen LogP contribution in [0.1, 0.15) is 0 Å². The van der Waals surface area contributed by atoms with Gasteiger partial charge in [-0.1, -0.05) is 12.1 Å². The predicted molar refractivity (Wildman–Crippen MR) is 71.9 cm³/mol. The summed E-state index contributed by atoms with van der Waals surface area (Å²) in [6.07, 6.45) is 0. The topological polar surface area (TPSA) is 98.2 Å². The van der Waals surface area contributed by atoms with Gasteiger partial charge in [-0.25, -0.2) is 22.3 Å². The van der Waals surface area contributed by atoms with Gasteiger partial charge in [-0.2, -0.15) is 0 Å². The van der Waals surface area contributed by atoms with Gasteiger partial charge in [-0.3, -0.25) is 0 Å². The van der Waals surface area contributed by atoms with Crippen molar-refractivity contribution in [2.45, 2.75) is 4.90 Å². The smallest absolute Gasteiger partial charge is 0.240 e. The molecule has 0 fully saturated rings. The fourth-order valence-electron chi connectivity index (χ4n) is 1.65. The number of nitrogen functional groups attached to an aromatic ring is 1. The molecule has 106 valence electrons. The lowest BCUT2D eigenvalue weighted by atomic mass is 10.2. The largest absolute Gasteiger partial charge is 0.396 e. The molecule has 0 atom stereocenters. The zero-order valence-electron chi connectivity index (χ0n) is 10.1. The van der Waals surface area contributed by atoms with Crippen molar-refractivity contribution in [3.05, 3.63) is 48.0 Å². The number of halogens is 2. The molecule has 5 nitrogen and oxygen atoms in total. The molecule has 8 heteroatoms. The maximum Gasteiger partial charge on any atom is 0.240 e. The Balaban J connectivity index is 2.51. The maximum absolute atomic E-state index is 13.5. The summed E-state index contributed by atoms with van der Waals surface area (Å²) in [5.41, 5.74) is 5.06. The predicted octanol–water partition coefficient (Wildman–Crippen LogP) is 1.94. The highest BCUT2D eigenvalue weighted by molar-refractivity contribution is 7.89. The van der Waals surface area contributed by atoms with Crippen LogP contribution in [0.5, 0.6) is 0 Å². The van der Waals surface area contributed by atoms with Crippen LogP contribution in [0.3, 0.4) is 0 Å². The van der Waals surface area contributed by atoms with Crippen molar-refractivity contribution in [1.82, 2.24) is 0 Å². The molecule has 2 aromatic carbocycles. The first-order chi connectivity index (χ1) is 9.30. The summed E-state index contributed by atoms with van der Waals surface area (Å²) in [5.74, 6) is -1.66. The Hall–Kier alpha value is -2.19. The van der Waals surface area contributed by atoms with Crippen LogP contribution < -0.4 is 16.2 Å². The third-order valence-corrected chi connectivity index (χ3v) is 3.56. The molecule has 5 N–H and O–H groups in total. The van der Waals surface area contributed by atoms with Gasteiger partial charge in [0.25, 0.3) is 0 Å². The van der Waals surface area contributed by atoms with E-state index in [2.05, 4.69) is 5.32 Å². The molecule has 0 aromatic heterocycles. The number of primary sulfonamides is 1. The summed E-state index contributed by atoms with van der Waals surface area (Å²) in [5, 5.41) is 7.42. The molecular weight excluding hydrogens is 288 g/mol. The molecule has 0 amide bonds. The molecule has 0 aliphatic carbocycles. The molecule has 0 heterocycles. The van der Waals surface area contributed by atoms with Crippen molar-refractivity contribution >= 4 is 27.1 Å². The fraction of sp³-hybridized carbons (Fsp3) is 0. The van der Waals surface area contributed by atoms with Crippen molar-refractivity contribution in [1.29, 1.82) is 0 Å². The van der Waals surface area contributed by atoms with Crippen LogP contribution in [0.2, 0.25) is 0 Å². The standard InChI is InChI=1S/C12H11F2N3O2S/c13-7-3-1-4-8(14)12(7)17-9-5-2-6-10(11(9)15)20(16,18)19/h1-6,17H,15H2,(H2,16,18,19). The lowest BCUT2D eigenvalue weighted by Gasteiger charge is -2.13. The van der Waals surface area contributed by atoms with E-state index >= 15 is 0 Å². The Labute approximate surface area is 114 Å². The zero-order valence-corrected chi connectivity index (χ0v) is 10.9. The summed E-state index contributed by atoms with van der Waals surface area (Å²) in [6.45, 7) is 0. The highest BCUT2D eigenvalue weighted by Gasteiger charge is 2.16. The van der Waals surface area contributed by atoms with Gasteiger partial charge in [0.05, 0.1) is 11.4 Å². The number of nitrogens with one attached hydrogen (secondary N) is 1. The van der Waals surface area contributed by atoms with E-state index in [9.17, 15) is 17.2 Å². The molecular formula is C12H11F2N3O2S. The van der Waals surface area contributed by atoms with Gasteiger partial charge in [0, 0.05) is 0 Å². The Bertz CT molecular complexity index is 743. The summed E-state index contributed by atoms with van der Waals surface area (Å²) in [6, 6.07) is 7.27. The average Bonchev–Trinajstić information content (AvgIpc) is 2.34. The van der Waals surface area contributed by atoms with Gasteiger partial charge < -0.3 is 11.1 Å². The Morgan fingerprint density at radius 3 is 2.10 bits per heavy atom. The minimum atomic E-state index is -4.02. The Kier molecular flexibility index (Phi) is 3.60. The van der Waals surface area contributed by atoms with E-state index in [1.165, 1.54) is 24.3 Å². The minimum absolute atomic E-state index is 0.0422. The van der Waals surface area contributed by atoms with Crippen LogP contribution in [0.4, 0.5) is 25.8 Å². The quantitative estimate of drug-likeness (QED) is 0.754. The number of rotatable bonds is 3. The first-order valence-corrected chi connectivity index (χ1v) is 6.97. The van der Waals surface area contributed by atoms with Gasteiger partial charge in [0.1, 0.15) is 22.2 Å². The Morgan fingerprint density at radius 2 is 1.55 bits per heavy atom. The molecule has 0 spiro atoms. The summed E-state index contributed by atoms with van der Waals surface area (Å²) in [7, 11) is -4.02. The van der Waals surface area contributed by atoms with Crippen molar-refractivity contribution in [2.75, 3.05) is 11.1 Å². The summed E-state index contributed by atoms with van der Waals surface area (Å²) >= 11 is 0. The molecule has 0 saturated heterocycles. The second-order valence-electron chi connectivity index (χ2n) is 3.98. The van der Waals surface area contributed by atoms with Gasteiger partial charge in [-0.15, -0.1) is 0 Å². The van der Waals surface area contributed by atoms with E-state index in [-0.39, 0.29) is 16.3 Å². The van der Waals surface area contributed by atoms with E-state index < -0.39 is 27.3 Å². The van der Waals surface area contributed by atoms with Crippen LogP contribution >= 0.6 is 0 Å². The SMILES string of the molecule is Nc1c(Nc2c(F)cccc2F)cccc1S(N)(=O)=O. The lowest BCUT2D eigenvalue weighted by molar-refractivity contribution is 0.591. The third-order valence-electron chi connectivity index (χ3n) is 2.60. The number of para-hydroxylation sites is 2. The van der Waals surface area contributed by atoms with Gasteiger partial charge in [0.2, 0.25) is 10.0 Å². The maximum atomic E-state index is 13.5. The van der Waals surface area contributed by atoms with E-state index in [1.54, 1.807) is 0 Å². The lowest BCUT2D eigenvalue weighted by Crippen LogP contribution is -2.15. The van der Waals surface area contributed by atoms with Gasteiger partial charge >= 0.3 is 0 Å². The van der Waals surface area contributed by atoms with Crippen LogP contribution in [0, 0.1) is 11.6 Å². The Morgan fingerprint density at radius 1 is 1.00 bits per heavy atom. The second kappa shape index (κ2) is 5.06. The average molecular weight is 299 g/mol. The molecule has 0 aliphatic rings. The monoisotopic (exact) mass is 299 g/mol. The van der Waals surface area contributed by atoms with Crippen molar-refractivity contribution in [3.8, 4) is 0 Å². The molecule has 2 aromatic rings. The summed E-state index contributed by atoms with van der Waals surface area (Å²) < 4.78 is 49.7. The second-order valence-corrected chi connectivity index (χ2v) is 5.51. The van der Waals surface area contributed by atoms with E-state index in [4.69, 9.17) is 10.9 Å². The number of sulfonamides is 1. The zero-order chi connectivity index (χ0) is 14.9. The molecule has 0 aliphatic heterocycles. The molecule has 0 unspecified atom stereocenters.